The Kier molecular flexibility index (Phi) is 5.30. The fourth-order valence-electron chi connectivity index (χ4n) is 1.64. The molecule has 0 fully saturated rings. The third-order valence-electron chi connectivity index (χ3n) is 2.52. The van der Waals surface area contributed by atoms with Gasteiger partial charge in [-0.3, -0.25) is 4.79 Å². The smallest absolute Gasteiger partial charge is 0.343 e. The van der Waals surface area contributed by atoms with Crippen LogP contribution in [0.25, 0.3) is 0 Å². The van der Waals surface area contributed by atoms with Crippen LogP contribution in [0.3, 0.4) is 0 Å². The zero-order valence-corrected chi connectivity index (χ0v) is 11.8. The second kappa shape index (κ2) is 6.73. The van der Waals surface area contributed by atoms with E-state index in [0.29, 0.717) is 5.56 Å². The summed E-state index contributed by atoms with van der Waals surface area (Å²) in [5.74, 6) is -0.908. The highest BCUT2D eigenvalue weighted by molar-refractivity contribution is 6.24. The van der Waals surface area contributed by atoms with Crippen molar-refractivity contribution in [3.05, 3.63) is 47.2 Å². The van der Waals surface area contributed by atoms with Crippen LogP contribution in [-0.4, -0.2) is 37.4 Å². The minimum Gasteiger partial charge on any atom is -0.462 e. The minimum absolute atomic E-state index is 0.0427. The molecule has 1 rings (SSSR count). The normalized spacial score (nSPS) is 11.1. The van der Waals surface area contributed by atoms with Gasteiger partial charge in [0, 0.05) is 25.9 Å². The Morgan fingerprint density at radius 1 is 1.26 bits per heavy atom. The third kappa shape index (κ3) is 3.95. The molecule has 0 amide bonds. The number of Topliss-reactive ketones (excluding diaryl/α,β-unsaturated/α-hetero) is 1. The molecule has 0 saturated heterocycles. The number of rotatable bonds is 5. The van der Waals surface area contributed by atoms with Gasteiger partial charge in [-0.25, -0.2) is 4.79 Å². The molecule has 0 radical (unpaired) electrons. The van der Waals surface area contributed by atoms with Crippen molar-refractivity contribution in [1.82, 2.24) is 4.90 Å². The van der Waals surface area contributed by atoms with Crippen molar-refractivity contribution in [2.45, 2.75) is 13.8 Å². The van der Waals surface area contributed by atoms with E-state index in [-0.39, 0.29) is 18.0 Å². The molecular weight excluding hydrogens is 242 g/mol. The van der Waals surface area contributed by atoms with Crippen molar-refractivity contribution in [2.24, 2.45) is 0 Å². The van der Waals surface area contributed by atoms with Crippen LogP contribution >= 0.6 is 0 Å². The highest BCUT2D eigenvalue weighted by Gasteiger charge is 2.22. The number of ketones is 1. The molecule has 0 aliphatic heterocycles. The number of esters is 1. The molecule has 0 aliphatic carbocycles. The van der Waals surface area contributed by atoms with E-state index in [0.717, 1.165) is 5.56 Å². The molecule has 0 unspecified atom stereocenters. The maximum absolute atomic E-state index is 12.4. The van der Waals surface area contributed by atoms with Crippen LogP contribution in [0.4, 0.5) is 0 Å². The number of benzene rings is 1. The van der Waals surface area contributed by atoms with Gasteiger partial charge in [-0.1, -0.05) is 24.3 Å². The molecule has 0 heterocycles. The van der Waals surface area contributed by atoms with Crippen molar-refractivity contribution in [2.75, 3.05) is 20.7 Å². The van der Waals surface area contributed by atoms with Crippen molar-refractivity contribution in [3.63, 3.8) is 0 Å². The maximum atomic E-state index is 12.4. The van der Waals surface area contributed by atoms with Crippen molar-refractivity contribution in [3.8, 4) is 0 Å². The molecule has 0 aliphatic rings. The van der Waals surface area contributed by atoms with Gasteiger partial charge in [-0.2, -0.15) is 0 Å². The summed E-state index contributed by atoms with van der Waals surface area (Å²) in [6, 6.07) is 7.18. The van der Waals surface area contributed by atoms with E-state index in [1.54, 1.807) is 38.1 Å². The lowest BCUT2D eigenvalue weighted by Crippen LogP contribution is -2.20. The van der Waals surface area contributed by atoms with Crippen molar-refractivity contribution < 1.29 is 14.3 Å². The molecule has 1 aromatic carbocycles. The number of carbonyl (C=O) groups excluding carboxylic acids is 2. The average molecular weight is 261 g/mol. The van der Waals surface area contributed by atoms with Crippen LogP contribution in [0.2, 0.25) is 0 Å². The highest BCUT2D eigenvalue weighted by atomic mass is 16.5. The zero-order chi connectivity index (χ0) is 14.4. The quantitative estimate of drug-likeness (QED) is 0.268. The molecular formula is C15H19NO3. The van der Waals surface area contributed by atoms with Gasteiger partial charge in [0.1, 0.15) is 5.57 Å². The van der Waals surface area contributed by atoms with Crippen LogP contribution < -0.4 is 0 Å². The molecule has 0 saturated carbocycles. The van der Waals surface area contributed by atoms with Gasteiger partial charge < -0.3 is 9.64 Å². The van der Waals surface area contributed by atoms with Gasteiger partial charge in [0.25, 0.3) is 0 Å². The Morgan fingerprint density at radius 3 is 2.42 bits per heavy atom. The van der Waals surface area contributed by atoms with Gasteiger partial charge in [0.2, 0.25) is 5.78 Å². The zero-order valence-electron chi connectivity index (χ0n) is 11.8. The molecule has 0 bridgehead atoms. The SMILES string of the molecule is CCOC(=O)/C(=C\N(C)C)C(=O)c1ccccc1C. The van der Waals surface area contributed by atoms with Crippen LogP contribution in [0, 0.1) is 6.92 Å². The largest absolute Gasteiger partial charge is 0.462 e. The number of carbonyl (C=O) groups is 2. The summed E-state index contributed by atoms with van der Waals surface area (Å²) in [6.45, 7) is 3.79. The number of hydrogen-bond acceptors (Lipinski definition) is 4. The Labute approximate surface area is 113 Å². The van der Waals surface area contributed by atoms with Gasteiger partial charge in [-0.05, 0) is 19.4 Å². The fourth-order valence-corrected chi connectivity index (χ4v) is 1.64. The Morgan fingerprint density at radius 2 is 1.89 bits per heavy atom. The van der Waals surface area contributed by atoms with Crippen LogP contribution in [0.1, 0.15) is 22.8 Å². The molecule has 0 aromatic heterocycles. The highest BCUT2D eigenvalue weighted by Crippen LogP contribution is 2.14. The van der Waals surface area contributed by atoms with E-state index in [2.05, 4.69) is 0 Å². The van der Waals surface area contributed by atoms with E-state index in [1.165, 1.54) is 6.20 Å². The fraction of sp³-hybridized carbons (Fsp3) is 0.333. The lowest BCUT2D eigenvalue weighted by atomic mass is 9.99. The molecule has 4 heteroatoms. The second-order valence-corrected chi connectivity index (χ2v) is 4.37. The Balaban J connectivity index is 3.16. The van der Waals surface area contributed by atoms with Gasteiger partial charge in [0.05, 0.1) is 6.61 Å². The molecule has 0 N–H and O–H groups in total. The first kappa shape index (κ1) is 15.0. The topological polar surface area (TPSA) is 46.6 Å². The summed E-state index contributed by atoms with van der Waals surface area (Å²) in [7, 11) is 3.51. The predicted molar refractivity (Wildman–Crippen MR) is 73.9 cm³/mol. The molecule has 4 nitrogen and oxygen atoms in total. The van der Waals surface area contributed by atoms with E-state index in [4.69, 9.17) is 4.74 Å². The number of aryl methyl sites for hydroxylation is 1. The summed E-state index contributed by atoms with van der Waals surface area (Å²) < 4.78 is 4.93. The lowest BCUT2D eigenvalue weighted by molar-refractivity contribution is -0.138. The molecule has 19 heavy (non-hydrogen) atoms. The second-order valence-electron chi connectivity index (χ2n) is 4.37. The summed E-state index contributed by atoms with van der Waals surface area (Å²) in [5, 5.41) is 0. The summed E-state index contributed by atoms with van der Waals surface area (Å²) in [4.78, 5) is 25.9. The summed E-state index contributed by atoms with van der Waals surface area (Å²) in [6.07, 6.45) is 1.49. The average Bonchev–Trinajstić information content (AvgIpc) is 2.36. The standard InChI is InChI=1S/C15H19NO3/c1-5-19-15(18)13(10-16(3)4)14(17)12-9-7-6-8-11(12)2/h6-10H,5H2,1-4H3/b13-10-. The van der Waals surface area contributed by atoms with Crippen LogP contribution in [0.5, 0.6) is 0 Å². The lowest BCUT2D eigenvalue weighted by Gasteiger charge is -2.11. The van der Waals surface area contributed by atoms with Gasteiger partial charge in [-0.15, -0.1) is 0 Å². The number of ether oxygens (including phenoxy) is 1. The van der Waals surface area contributed by atoms with E-state index in [1.807, 2.05) is 19.1 Å². The Bertz CT molecular complexity index is 504. The third-order valence-corrected chi connectivity index (χ3v) is 2.52. The molecule has 1 aromatic rings. The van der Waals surface area contributed by atoms with Gasteiger partial charge >= 0.3 is 5.97 Å². The van der Waals surface area contributed by atoms with Gasteiger partial charge in [0.15, 0.2) is 0 Å². The monoisotopic (exact) mass is 261 g/mol. The Hall–Kier alpha value is -2.10. The summed E-state index contributed by atoms with van der Waals surface area (Å²) >= 11 is 0. The van der Waals surface area contributed by atoms with Crippen molar-refractivity contribution in [1.29, 1.82) is 0 Å². The van der Waals surface area contributed by atoms with E-state index < -0.39 is 5.97 Å². The first-order chi connectivity index (χ1) is 8.97. The van der Waals surface area contributed by atoms with Crippen molar-refractivity contribution >= 4 is 11.8 Å². The first-order valence-electron chi connectivity index (χ1n) is 6.13. The first-order valence-corrected chi connectivity index (χ1v) is 6.13. The minimum atomic E-state index is -0.593. The molecule has 0 spiro atoms. The number of hydrogen-bond donors (Lipinski definition) is 0. The number of nitrogens with zero attached hydrogens (tertiary/aromatic N) is 1. The predicted octanol–water partition coefficient (Wildman–Crippen LogP) is 2.19. The molecule has 0 atom stereocenters. The summed E-state index contributed by atoms with van der Waals surface area (Å²) in [5.41, 5.74) is 1.39. The van der Waals surface area contributed by atoms with E-state index >= 15 is 0 Å². The van der Waals surface area contributed by atoms with Crippen LogP contribution in [0.15, 0.2) is 36.0 Å². The van der Waals surface area contributed by atoms with E-state index in [9.17, 15) is 9.59 Å². The van der Waals surface area contributed by atoms with Crippen LogP contribution in [-0.2, 0) is 9.53 Å². The maximum Gasteiger partial charge on any atom is 0.343 e. The molecule has 102 valence electrons.